The molecule has 0 saturated heterocycles. The first kappa shape index (κ1) is 24.1. The van der Waals surface area contributed by atoms with Gasteiger partial charge in [0.15, 0.2) is 11.5 Å². The number of esters is 1. The number of aliphatic imine (C=N–C) groups is 2. The second-order valence-electron chi connectivity index (χ2n) is 7.08. The molecule has 0 unspecified atom stereocenters. The third-order valence-electron chi connectivity index (χ3n) is 4.75. The van der Waals surface area contributed by atoms with Crippen molar-refractivity contribution in [2.24, 2.45) is 9.98 Å². The molecule has 1 heterocycles. The van der Waals surface area contributed by atoms with Crippen molar-refractivity contribution in [2.45, 2.75) is 19.8 Å². The Balaban J connectivity index is 1.86. The Hall–Kier alpha value is -4.53. The zero-order valence-corrected chi connectivity index (χ0v) is 18.8. The lowest BCUT2D eigenvalue weighted by Crippen LogP contribution is -2.29. The van der Waals surface area contributed by atoms with E-state index in [0.717, 1.165) is 11.1 Å². The number of allylic oxidation sites excluding steroid dienone is 1. The average molecular weight is 460 g/mol. The lowest BCUT2D eigenvalue weighted by molar-refractivity contribution is -0.121. The average Bonchev–Trinajstić information content (AvgIpc) is 3.34. The van der Waals surface area contributed by atoms with Gasteiger partial charge in [0.05, 0.1) is 18.2 Å². The summed E-state index contributed by atoms with van der Waals surface area (Å²) in [5.74, 6) is -2.40. The fraction of sp³-hybridized carbons (Fsp3) is 0.160. The van der Waals surface area contributed by atoms with Crippen LogP contribution >= 0.6 is 0 Å². The van der Waals surface area contributed by atoms with Crippen LogP contribution in [0.4, 0.5) is 0 Å². The second-order valence-corrected chi connectivity index (χ2v) is 7.08. The Morgan fingerprint density at radius 1 is 1.12 bits per heavy atom. The maximum atomic E-state index is 13.2. The van der Waals surface area contributed by atoms with Gasteiger partial charge in [-0.15, -0.1) is 0 Å². The van der Waals surface area contributed by atoms with Crippen molar-refractivity contribution >= 4 is 24.4 Å². The zero-order chi connectivity index (χ0) is 24.5. The second kappa shape index (κ2) is 11.4. The Morgan fingerprint density at radius 2 is 1.71 bits per heavy atom. The van der Waals surface area contributed by atoms with Gasteiger partial charge in [-0.3, -0.25) is 4.79 Å². The Bertz CT molecular complexity index is 1180. The van der Waals surface area contributed by atoms with Crippen molar-refractivity contribution in [3.8, 4) is 0 Å². The molecular weight excluding hydrogens is 436 g/mol. The van der Waals surface area contributed by atoms with E-state index in [9.17, 15) is 14.7 Å². The summed E-state index contributed by atoms with van der Waals surface area (Å²) in [4.78, 5) is 32.7. The number of amides is 1. The number of hydrogen-bond acceptors (Lipinski definition) is 7. The van der Waals surface area contributed by atoms with E-state index in [2.05, 4.69) is 27.2 Å². The predicted molar refractivity (Wildman–Crippen MR) is 127 cm³/mol. The van der Waals surface area contributed by atoms with Crippen molar-refractivity contribution in [1.29, 1.82) is 0 Å². The number of nitrogens with zero attached hydrogens (tertiary/aromatic N) is 3. The molecule has 0 radical (unpaired) electrons. The van der Waals surface area contributed by atoms with Crippen LogP contribution in [0.15, 0.2) is 92.8 Å². The summed E-state index contributed by atoms with van der Waals surface area (Å²) in [7, 11) is 0. The highest BCUT2D eigenvalue weighted by molar-refractivity contribution is 6.01. The summed E-state index contributed by atoms with van der Waals surface area (Å²) < 4.78 is 9.79. The van der Waals surface area contributed by atoms with Crippen LogP contribution in [0, 0.1) is 0 Å². The van der Waals surface area contributed by atoms with Gasteiger partial charge in [0.2, 0.25) is 17.6 Å². The lowest BCUT2D eigenvalue weighted by atomic mass is 9.90. The van der Waals surface area contributed by atoms with Gasteiger partial charge in [-0.05, 0) is 31.7 Å². The summed E-state index contributed by atoms with van der Waals surface area (Å²) >= 11 is 0. The molecule has 3 rings (SSSR count). The summed E-state index contributed by atoms with van der Waals surface area (Å²) in [5, 5.41) is 16.9. The first-order valence-corrected chi connectivity index (χ1v) is 10.4. The number of aliphatic hydroxyl groups is 1. The number of carbonyl (C=O) groups excluding carboxylic acids is 2. The topological polar surface area (TPSA) is 126 Å². The molecule has 0 saturated carbocycles. The molecule has 9 nitrogen and oxygen atoms in total. The molecule has 0 spiro atoms. The number of aliphatic hydroxyl groups excluding tert-OH is 1. The number of carbonyl (C=O) groups is 2. The van der Waals surface area contributed by atoms with Gasteiger partial charge in [-0.1, -0.05) is 65.8 Å². The van der Waals surface area contributed by atoms with Crippen LogP contribution in [0.5, 0.6) is 0 Å². The molecule has 2 aromatic carbocycles. The van der Waals surface area contributed by atoms with Crippen LogP contribution < -0.4 is 5.32 Å². The SMILES string of the molecule is C=N/C(=N\C(O)=C(/C)NC(=O)C(c1ccccc1)c1ccccc1)c1cc(C(=O)OCC)on1. The monoisotopic (exact) mass is 460 g/mol. The van der Waals surface area contributed by atoms with E-state index in [1.807, 2.05) is 60.7 Å². The Kier molecular flexibility index (Phi) is 8.07. The highest BCUT2D eigenvalue weighted by Crippen LogP contribution is 2.25. The Morgan fingerprint density at radius 3 is 2.24 bits per heavy atom. The van der Waals surface area contributed by atoms with Gasteiger partial charge in [0, 0.05) is 6.07 Å². The van der Waals surface area contributed by atoms with E-state index in [1.54, 1.807) is 6.92 Å². The highest BCUT2D eigenvalue weighted by atomic mass is 16.6. The van der Waals surface area contributed by atoms with Gasteiger partial charge >= 0.3 is 5.97 Å². The van der Waals surface area contributed by atoms with Crippen LogP contribution in [-0.2, 0) is 9.53 Å². The molecule has 0 aliphatic carbocycles. The number of nitrogens with one attached hydrogen (secondary N) is 1. The smallest absolute Gasteiger partial charge is 0.377 e. The molecule has 34 heavy (non-hydrogen) atoms. The van der Waals surface area contributed by atoms with Crippen LogP contribution in [0.25, 0.3) is 0 Å². The molecule has 0 fully saturated rings. The highest BCUT2D eigenvalue weighted by Gasteiger charge is 2.23. The van der Waals surface area contributed by atoms with Crippen LogP contribution in [0.3, 0.4) is 0 Å². The maximum absolute atomic E-state index is 13.2. The van der Waals surface area contributed by atoms with Gasteiger partial charge in [-0.2, -0.15) is 4.99 Å². The molecule has 0 atom stereocenters. The minimum absolute atomic E-state index is 0.0650. The quantitative estimate of drug-likeness (QED) is 0.226. The van der Waals surface area contributed by atoms with Crippen molar-refractivity contribution in [2.75, 3.05) is 6.61 Å². The Labute approximate surface area is 196 Å². The number of amidine groups is 1. The largest absolute Gasteiger partial charge is 0.492 e. The maximum Gasteiger partial charge on any atom is 0.377 e. The number of benzene rings is 2. The van der Waals surface area contributed by atoms with E-state index in [1.165, 1.54) is 13.0 Å². The molecule has 1 aromatic heterocycles. The fourth-order valence-corrected chi connectivity index (χ4v) is 3.14. The fourth-order valence-electron chi connectivity index (χ4n) is 3.14. The zero-order valence-electron chi connectivity index (χ0n) is 18.8. The standard InChI is InChI=1S/C25H24N4O5/c1-4-33-25(32)20-15-19(29-34-20)22(26-3)28-23(30)16(2)27-24(31)21(17-11-7-5-8-12-17)18-13-9-6-10-14-18/h5-15,21,30H,3-4H2,1-2H3,(H,27,31)/b23-16-,28-22-. The summed E-state index contributed by atoms with van der Waals surface area (Å²) in [6, 6.07) is 19.9. The third-order valence-corrected chi connectivity index (χ3v) is 4.75. The summed E-state index contributed by atoms with van der Waals surface area (Å²) in [6.07, 6.45) is 0. The summed E-state index contributed by atoms with van der Waals surface area (Å²) in [6.45, 7) is 6.74. The molecule has 1 amide bonds. The molecule has 174 valence electrons. The van der Waals surface area contributed by atoms with Crippen molar-refractivity contribution < 1.29 is 24.0 Å². The first-order valence-electron chi connectivity index (χ1n) is 10.4. The molecule has 3 aromatic rings. The molecule has 0 aliphatic heterocycles. The van der Waals surface area contributed by atoms with Crippen molar-refractivity contribution in [3.63, 3.8) is 0 Å². The number of aromatic nitrogens is 1. The number of hydrogen-bond donors (Lipinski definition) is 2. The lowest BCUT2D eigenvalue weighted by Gasteiger charge is -2.18. The van der Waals surface area contributed by atoms with E-state index in [4.69, 9.17) is 9.26 Å². The molecule has 0 aliphatic rings. The van der Waals surface area contributed by atoms with E-state index in [-0.39, 0.29) is 35.5 Å². The van der Waals surface area contributed by atoms with E-state index < -0.39 is 17.8 Å². The van der Waals surface area contributed by atoms with Gasteiger partial charge in [0.25, 0.3) is 0 Å². The minimum atomic E-state index is -0.694. The number of rotatable bonds is 8. The van der Waals surface area contributed by atoms with Gasteiger partial charge in [0.1, 0.15) is 0 Å². The van der Waals surface area contributed by atoms with Crippen molar-refractivity contribution in [1.82, 2.24) is 10.5 Å². The van der Waals surface area contributed by atoms with E-state index >= 15 is 0 Å². The van der Waals surface area contributed by atoms with Gasteiger partial charge < -0.3 is 19.7 Å². The van der Waals surface area contributed by atoms with Crippen LogP contribution in [-0.4, -0.2) is 41.3 Å². The first-order chi connectivity index (χ1) is 16.4. The molecule has 0 bridgehead atoms. The molecule has 2 N–H and O–H groups in total. The van der Waals surface area contributed by atoms with Gasteiger partial charge in [-0.25, -0.2) is 9.79 Å². The van der Waals surface area contributed by atoms with E-state index in [0.29, 0.717) is 0 Å². The number of ether oxygens (including phenoxy) is 1. The van der Waals surface area contributed by atoms with Crippen LogP contribution in [0.1, 0.15) is 47.1 Å². The van der Waals surface area contributed by atoms with Crippen molar-refractivity contribution in [3.05, 3.63) is 101 Å². The predicted octanol–water partition coefficient (Wildman–Crippen LogP) is 3.99. The van der Waals surface area contributed by atoms with Crippen LogP contribution in [0.2, 0.25) is 0 Å². The molecular formula is C25H24N4O5. The summed E-state index contributed by atoms with van der Waals surface area (Å²) in [5.41, 5.74) is 1.75. The molecule has 9 heteroatoms. The normalized spacial score (nSPS) is 12.1. The minimum Gasteiger partial charge on any atom is -0.492 e. The third kappa shape index (κ3) is 5.83.